The van der Waals surface area contributed by atoms with Gasteiger partial charge in [0.1, 0.15) is 11.6 Å². The van der Waals surface area contributed by atoms with E-state index >= 15 is 0 Å². The van der Waals surface area contributed by atoms with Gasteiger partial charge in [0, 0.05) is 26.6 Å². The molecule has 3 rings (SSSR count). The highest BCUT2D eigenvalue weighted by Gasteiger charge is 2.11. The van der Waals surface area contributed by atoms with E-state index in [2.05, 4.69) is 33.8 Å². The molecule has 2 N–H and O–H groups in total. The van der Waals surface area contributed by atoms with Gasteiger partial charge in [-0.05, 0) is 47.7 Å². The minimum absolute atomic E-state index is 0. The third kappa shape index (κ3) is 5.86. The molecule has 2 aromatic carbocycles. The second-order valence-electron chi connectivity index (χ2n) is 6.09. The van der Waals surface area contributed by atoms with Crippen LogP contribution >= 0.6 is 24.0 Å². The van der Waals surface area contributed by atoms with Crippen molar-refractivity contribution in [2.24, 2.45) is 4.99 Å². The smallest absolute Gasteiger partial charge is 0.190 e. The van der Waals surface area contributed by atoms with Gasteiger partial charge in [-0.1, -0.05) is 24.3 Å². The minimum atomic E-state index is -0.202. The molecule has 6 heteroatoms. The van der Waals surface area contributed by atoms with Gasteiger partial charge in [0.2, 0.25) is 0 Å². The lowest BCUT2D eigenvalue weighted by Gasteiger charge is -2.12. The predicted molar refractivity (Wildman–Crippen MR) is 114 cm³/mol. The molecule has 0 aliphatic carbocycles. The first-order valence-electron chi connectivity index (χ1n) is 8.68. The van der Waals surface area contributed by atoms with Crippen molar-refractivity contribution < 1.29 is 9.13 Å². The molecule has 0 unspecified atom stereocenters. The number of hydrogen-bond donors (Lipinski definition) is 2. The first kappa shape index (κ1) is 20.5. The van der Waals surface area contributed by atoms with E-state index in [1.165, 1.54) is 23.3 Å². The minimum Gasteiger partial charge on any atom is -0.493 e. The second kappa shape index (κ2) is 10.4. The molecule has 1 aliphatic rings. The van der Waals surface area contributed by atoms with Gasteiger partial charge in [-0.2, -0.15) is 0 Å². The summed E-state index contributed by atoms with van der Waals surface area (Å²) in [7, 11) is 1.76. The molecule has 0 amide bonds. The molecule has 0 radical (unpaired) electrons. The number of ether oxygens (including phenoxy) is 1. The van der Waals surface area contributed by atoms with Crippen LogP contribution in [0.3, 0.4) is 0 Å². The van der Waals surface area contributed by atoms with Gasteiger partial charge in [0.15, 0.2) is 5.96 Å². The summed E-state index contributed by atoms with van der Waals surface area (Å²) in [5.41, 5.74) is 3.71. The summed E-state index contributed by atoms with van der Waals surface area (Å²) < 4.78 is 18.4. The first-order valence-corrected chi connectivity index (χ1v) is 8.68. The van der Waals surface area contributed by atoms with Crippen LogP contribution in [0.25, 0.3) is 0 Å². The fourth-order valence-corrected chi connectivity index (χ4v) is 2.92. The Balaban J connectivity index is 0.00000243. The SMILES string of the molecule is CN=C(NCCc1ccc(F)cc1)NCCc1ccc2c(c1)CCO2.I. The van der Waals surface area contributed by atoms with Crippen LogP contribution in [-0.4, -0.2) is 32.7 Å². The maximum absolute atomic E-state index is 12.9. The Bertz CT molecular complexity index is 734. The third-order valence-electron chi connectivity index (χ3n) is 4.30. The van der Waals surface area contributed by atoms with Crippen LogP contribution in [-0.2, 0) is 19.3 Å². The number of halogens is 2. The van der Waals surface area contributed by atoms with E-state index in [1.54, 1.807) is 7.05 Å². The van der Waals surface area contributed by atoms with Crippen molar-refractivity contribution in [3.05, 3.63) is 65.0 Å². The standard InChI is InChI=1S/C20H24FN3O.HI/c1-22-20(23-11-8-15-2-5-18(21)6-3-15)24-12-9-16-4-7-19-17(14-16)10-13-25-19;/h2-7,14H,8-13H2,1H3,(H2,22,23,24);1H. The molecule has 0 bridgehead atoms. The average molecular weight is 469 g/mol. The molecule has 26 heavy (non-hydrogen) atoms. The quantitative estimate of drug-likeness (QED) is 0.388. The van der Waals surface area contributed by atoms with Crippen LogP contribution in [0.4, 0.5) is 4.39 Å². The van der Waals surface area contributed by atoms with Gasteiger partial charge in [-0.3, -0.25) is 4.99 Å². The molecule has 140 valence electrons. The van der Waals surface area contributed by atoms with Gasteiger partial charge < -0.3 is 15.4 Å². The van der Waals surface area contributed by atoms with Crippen LogP contribution in [0.5, 0.6) is 5.75 Å². The van der Waals surface area contributed by atoms with E-state index in [4.69, 9.17) is 4.74 Å². The Kier molecular flexibility index (Phi) is 8.15. The monoisotopic (exact) mass is 469 g/mol. The fraction of sp³-hybridized carbons (Fsp3) is 0.350. The highest BCUT2D eigenvalue weighted by atomic mass is 127. The highest BCUT2D eigenvalue weighted by molar-refractivity contribution is 14.0. The Morgan fingerprint density at radius 2 is 1.69 bits per heavy atom. The van der Waals surface area contributed by atoms with Crippen molar-refractivity contribution >= 4 is 29.9 Å². The van der Waals surface area contributed by atoms with E-state index in [0.29, 0.717) is 0 Å². The van der Waals surface area contributed by atoms with Crippen LogP contribution in [0.1, 0.15) is 16.7 Å². The number of aliphatic imine (C=N–C) groups is 1. The van der Waals surface area contributed by atoms with Crippen LogP contribution in [0.15, 0.2) is 47.5 Å². The molecular weight excluding hydrogens is 444 g/mol. The summed E-state index contributed by atoms with van der Waals surface area (Å²) in [6, 6.07) is 13.0. The molecule has 1 heterocycles. The van der Waals surface area contributed by atoms with E-state index in [0.717, 1.165) is 56.2 Å². The number of guanidine groups is 1. The van der Waals surface area contributed by atoms with Crippen LogP contribution in [0, 0.1) is 5.82 Å². The van der Waals surface area contributed by atoms with Gasteiger partial charge in [-0.15, -0.1) is 24.0 Å². The van der Waals surface area contributed by atoms with Gasteiger partial charge >= 0.3 is 0 Å². The molecule has 0 atom stereocenters. The van der Waals surface area contributed by atoms with Crippen LogP contribution in [0.2, 0.25) is 0 Å². The first-order chi connectivity index (χ1) is 12.2. The second-order valence-corrected chi connectivity index (χ2v) is 6.09. The average Bonchev–Trinajstić information content (AvgIpc) is 3.10. The molecular formula is C20H25FIN3O. The normalized spacial score (nSPS) is 12.8. The van der Waals surface area contributed by atoms with Gasteiger partial charge in [0.05, 0.1) is 6.61 Å². The molecule has 1 aliphatic heterocycles. The van der Waals surface area contributed by atoms with Gasteiger partial charge in [0.25, 0.3) is 0 Å². The lowest BCUT2D eigenvalue weighted by Crippen LogP contribution is -2.39. The topological polar surface area (TPSA) is 45.7 Å². The summed E-state index contributed by atoms with van der Waals surface area (Å²) in [5.74, 6) is 1.61. The summed E-state index contributed by atoms with van der Waals surface area (Å²) in [6.07, 6.45) is 2.76. The van der Waals surface area contributed by atoms with E-state index in [9.17, 15) is 4.39 Å². The lowest BCUT2D eigenvalue weighted by molar-refractivity contribution is 0.357. The maximum Gasteiger partial charge on any atom is 0.190 e. The zero-order valence-electron chi connectivity index (χ0n) is 14.9. The number of nitrogens with one attached hydrogen (secondary N) is 2. The van der Waals surface area contributed by atoms with E-state index in [1.807, 2.05) is 12.1 Å². The maximum atomic E-state index is 12.9. The van der Waals surface area contributed by atoms with Crippen molar-refractivity contribution in [1.82, 2.24) is 10.6 Å². The number of rotatable bonds is 6. The lowest BCUT2D eigenvalue weighted by atomic mass is 10.1. The number of benzene rings is 2. The largest absolute Gasteiger partial charge is 0.493 e. The number of nitrogens with zero attached hydrogens (tertiary/aromatic N) is 1. The van der Waals surface area contributed by atoms with Crippen molar-refractivity contribution in [1.29, 1.82) is 0 Å². The zero-order chi connectivity index (χ0) is 17.5. The predicted octanol–water partition coefficient (Wildman–Crippen LogP) is 3.33. The Labute approximate surface area is 171 Å². The summed E-state index contributed by atoms with van der Waals surface area (Å²) in [4.78, 5) is 4.24. The van der Waals surface area contributed by atoms with Crippen molar-refractivity contribution in [2.75, 3.05) is 26.7 Å². The van der Waals surface area contributed by atoms with Gasteiger partial charge in [-0.25, -0.2) is 4.39 Å². The number of fused-ring (bicyclic) bond motifs is 1. The molecule has 4 nitrogen and oxygen atoms in total. The summed E-state index contributed by atoms with van der Waals surface area (Å²) >= 11 is 0. The van der Waals surface area contributed by atoms with Crippen molar-refractivity contribution in [2.45, 2.75) is 19.3 Å². The molecule has 0 fully saturated rings. The summed E-state index contributed by atoms with van der Waals surface area (Å²) in [6.45, 7) is 2.36. The fourth-order valence-electron chi connectivity index (χ4n) is 2.92. The highest BCUT2D eigenvalue weighted by Crippen LogP contribution is 2.25. The molecule has 2 aromatic rings. The number of hydrogen-bond acceptors (Lipinski definition) is 2. The Morgan fingerprint density at radius 3 is 2.38 bits per heavy atom. The van der Waals surface area contributed by atoms with Crippen molar-refractivity contribution in [3.63, 3.8) is 0 Å². The summed E-state index contributed by atoms with van der Waals surface area (Å²) in [5, 5.41) is 6.61. The van der Waals surface area contributed by atoms with Crippen molar-refractivity contribution in [3.8, 4) is 5.75 Å². The molecule has 0 aromatic heterocycles. The Morgan fingerprint density at radius 1 is 1.04 bits per heavy atom. The Hall–Kier alpha value is -1.83. The molecule has 0 spiro atoms. The van der Waals surface area contributed by atoms with E-state index in [-0.39, 0.29) is 29.8 Å². The van der Waals surface area contributed by atoms with Crippen LogP contribution < -0.4 is 15.4 Å². The zero-order valence-corrected chi connectivity index (χ0v) is 17.3. The molecule has 0 saturated carbocycles. The van der Waals surface area contributed by atoms with E-state index < -0.39 is 0 Å². The molecule has 0 saturated heterocycles. The third-order valence-corrected chi connectivity index (χ3v) is 4.30.